The van der Waals surface area contributed by atoms with E-state index in [9.17, 15) is 9.59 Å². The van der Waals surface area contributed by atoms with Gasteiger partial charge in [0.2, 0.25) is 5.91 Å². The van der Waals surface area contributed by atoms with Crippen LogP contribution in [0, 0.1) is 6.92 Å². The first-order chi connectivity index (χ1) is 12.5. The fourth-order valence-corrected chi connectivity index (χ4v) is 3.63. The number of halogens is 1. The van der Waals surface area contributed by atoms with Gasteiger partial charge in [0, 0.05) is 48.1 Å². The molecule has 1 aromatic heterocycles. The van der Waals surface area contributed by atoms with Crippen molar-refractivity contribution in [2.24, 2.45) is 5.73 Å². The van der Waals surface area contributed by atoms with Crippen LogP contribution >= 0.6 is 11.6 Å². The van der Waals surface area contributed by atoms with Crippen LogP contribution in [0.25, 0.3) is 11.0 Å². The maximum absolute atomic E-state index is 13.1. The van der Waals surface area contributed by atoms with Gasteiger partial charge in [0.05, 0.1) is 0 Å². The molecule has 1 aromatic carbocycles. The van der Waals surface area contributed by atoms with Gasteiger partial charge in [-0.25, -0.2) is 0 Å². The minimum absolute atomic E-state index is 0.0332. The fraction of sp³-hybridized carbons (Fsp3) is 0.474. The largest absolute Gasteiger partial charge is 0.451 e. The SMILES string of the molecule is Cc1c(C(=O)N2CCCCC2CNC(=O)CCN)oc2ccc(Cl)cc12. The zero-order valence-corrected chi connectivity index (χ0v) is 15.6. The molecule has 7 heteroatoms. The molecule has 6 nitrogen and oxygen atoms in total. The predicted octanol–water partition coefficient (Wildman–Crippen LogP) is 2.85. The van der Waals surface area contributed by atoms with E-state index in [1.165, 1.54) is 0 Å². The number of likely N-dealkylation sites (tertiary alicyclic amines) is 1. The Morgan fingerprint density at radius 1 is 1.38 bits per heavy atom. The highest BCUT2D eigenvalue weighted by molar-refractivity contribution is 6.31. The number of nitrogens with one attached hydrogen (secondary N) is 1. The number of carbonyl (C=O) groups excluding carboxylic acids is 2. The minimum atomic E-state index is -0.132. The Labute approximate surface area is 157 Å². The van der Waals surface area contributed by atoms with Gasteiger partial charge >= 0.3 is 0 Å². The van der Waals surface area contributed by atoms with Crippen molar-refractivity contribution in [3.63, 3.8) is 0 Å². The summed E-state index contributed by atoms with van der Waals surface area (Å²) in [4.78, 5) is 26.7. The van der Waals surface area contributed by atoms with Crippen molar-refractivity contribution in [2.45, 2.75) is 38.6 Å². The first kappa shape index (κ1) is 18.7. The highest BCUT2D eigenvalue weighted by Crippen LogP contribution is 2.30. The normalized spacial score (nSPS) is 17.5. The number of amides is 2. The molecule has 1 fully saturated rings. The molecule has 0 saturated carbocycles. The molecule has 3 rings (SSSR count). The van der Waals surface area contributed by atoms with Gasteiger partial charge in [-0.05, 0) is 44.4 Å². The van der Waals surface area contributed by atoms with Crippen LogP contribution in [0.5, 0.6) is 0 Å². The second-order valence-electron chi connectivity index (χ2n) is 6.69. The highest BCUT2D eigenvalue weighted by atomic mass is 35.5. The van der Waals surface area contributed by atoms with Crippen LogP contribution in [0.3, 0.4) is 0 Å². The van der Waals surface area contributed by atoms with Crippen LogP contribution in [0.15, 0.2) is 22.6 Å². The topological polar surface area (TPSA) is 88.6 Å². The molecular formula is C19H24ClN3O3. The lowest BCUT2D eigenvalue weighted by molar-refractivity contribution is -0.121. The highest BCUT2D eigenvalue weighted by Gasteiger charge is 2.31. The fourth-order valence-electron chi connectivity index (χ4n) is 3.46. The number of aryl methyl sites for hydroxylation is 1. The molecule has 1 unspecified atom stereocenters. The number of benzene rings is 1. The molecule has 2 heterocycles. The lowest BCUT2D eigenvalue weighted by atomic mass is 10.0. The van der Waals surface area contributed by atoms with Crippen LogP contribution in [0.4, 0.5) is 0 Å². The molecule has 1 saturated heterocycles. The monoisotopic (exact) mass is 377 g/mol. The molecule has 0 aliphatic carbocycles. The third-order valence-corrected chi connectivity index (χ3v) is 5.12. The van der Waals surface area contributed by atoms with E-state index in [4.69, 9.17) is 21.8 Å². The van der Waals surface area contributed by atoms with Crippen LogP contribution in [0.2, 0.25) is 5.02 Å². The molecular weight excluding hydrogens is 354 g/mol. The van der Waals surface area contributed by atoms with E-state index in [1.807, 2.05) is 17.9 Å². The van der Waals surface area contributed by atoms with Crippen LogP contribution < -0.4 is 11.1 Å². The van der Waals surface area contributed by atoms with Crippen molar-refractivity contribution in [3.8, 4) is 0 Å². The molecule has 140 valence electrons. The Balaban J connectivity index is 1.80. The van der Waals surface area contributed by atoms with Crippen molar-refractivity contribution in [1.29, 1.82) is 0 Å². The van der Waals surface area contributed by atoms with Gasteiger partial charge in [-0.15, -0.1) is 0 Å². The summed E-state index contributed by atoms with van der Waals surface area (Å²) in [5, 5.41) is 4.34. The molecule has 1 aliphatic heterocycles. The summed E-state index contributed by atoms with van der Waals surface area (Å²) in [5.74, 6) is 0.134. The number of hydrogen-bond donors (Lipinski definition) is 2. The summed E-state index contributed by atoms with van der Waals surface area (Å²) in [6, 6.07) is 5.31. The van der Waals surface area contributed by atoms with E-state index in [0.29, 0.717) is 42.4 Å². The van der Waals surface area contributed by atoms with Crippen molar-refractivity contribution < 1.29 is 14.0 Å². The third kappa shape index (κ3) is 3.86. The van der Waals surface area contributed by atoms with Gasteiger partial charge in [0.15, 0.2) is 5.76 Å². The van der Waals surface area contributed by atoms with E-state index in [2.05, 4.69) is 5.32 Å². The van der Waals surface area contributed by atoms with Gasteiger partial charge in [0.1, 0.15) is 5.58 Å². The molecule has 1 atom stereocenters. The molecule has 0 radical (unpaired) electrons. The van der Waals surface area contributed by atoms with Crippen molar-refractivity contribution in [2.75, 3.05) is 19.6 Å². The van der Waals surface area contributed by atoms with Crippen LogP contribution in [0.1, 0.15) is 41.8 Å². The summed E-state index contributed by atoms with van der Waals surface area (Å²) < 4.78 is 5.83. The Bertz CT molecular complexity index is 818. The first-order valence-corrected chi connectivity index (χ1v) is 9.35. The van der Waals surface area contributed by atoms with Gasteiger partial charge in [-0.3, -0.25) is 9.59 Å². The van der Waals surface area contributed by atoms with Gasteiger partial charge in [0.25, 0.3) is 5.91 Å². The van der Waals surface area contributed by atoms with E-state index >= 15 is 0 Å². The average Bonchev–Trinajstić information content (AvgIpc) is 2.96. The Morgan fingerprint density at radius 2 is 2.19 bits per heavy atom. The van der Waals surface area contributed by atoms with Crippen LogP contribution in [-0.2, 0) is 4.79 Å². The Hall–Kier alpha value is -2.05. The first-order valence-electron chi connectivity index (χ1n) is 8.97. The smallest absolute Gasteiger partial charge is 0.290 e. The molecule has 26 heavy (non-hydrogen) atoms. The van der Waals surface area contributed by atoms with Crippen molar-refractivity contribution in [3.05, 3.63) is 34.5 Å². The molecule has 0 spiro atoms. The summed E-state index contributed by atoms with van der Waals surface area (Å²) in [5.41, 5.74) is 6.85. The Morgan fingerprint density at radius 3 is 2.96 bits per heavy atom. The zero-order chi connectivity index (χ0) is 18.7. The second kappa shape index (κ2) is 8.10. The molecule has 3 N–H and O–H groups in total. The molecule has 0 bridgehead atoms. The standard InChI is InChI=1S/C19H24ClN3O3/c1-12-15-10-13(20)5-6-16(15)26-18(12)19(25)23-9-3-2-4-14(23)11-22-17(24)7-8-21/h5-6,10,14H,2-4,7-9,11,21H2,1H3,(H,22,24). The van der Waals surface area contributed by atoms with Gasteiger partial charge in [-0.2, -0.15) is 0 Å². The number of nitrogens with zero attached hydrogens (tertiary/aromatic N) is 1. The number of fused-ring (bicyclic) bond motifs is 1. The lowest BCUT2D eigenvalue weighted by Crippen LogP contribution is -2.49. The number of hydrogen-bond acceptors (Lipinski definition) is 4. The van der Waals surface area contributed by atoms with E-state index in [0.717, 1.165) is 30.2 Å². The summed E-state index contributed by atoms with van der Waals surface area (Å²) in [6.07, 6.45) is 3.14. The predicted molar refractivity (Wildman–Crippen MR) is 101 cm³/mol. The Kier molecular flexibility index (Phi) is 5.84. The summed E-state index contributed by atoms with van der Waals surface area (Å²) in [7, 11) is 0. The molecule has 1 aliphatic rings. The average molecular weight is 378 g/mol. The van der Waals surface area contributed by atoms with Crippen LogP contribution in [-0.4, -0.2) is 42.4 Å². The number of nitrogens with two attached hydrogens (primary N) is 1. The van der Waals surface area contributed by atoms with E-state index < -0.39 is 0 Å². The number of piperidine rings is 1. The molecule has 2 aromatic rings. The quantitative estimate of drug-likeness (QED) is 0.838. The van der Waals surface area contributed by atoms with E-state index in [-0.39, 0.29) is 17.9 Å². The zero-order valence-electron chi connectivity index (χ0n) is 14.9. The minimum Gasteiger partial charge on any atom is -0.451 e. The summed E-state index contributed by atoms with van der Waals surface area (Å²) >= 11 is 6.06. The second-order valence-corrected chi connectivity index (χ2v) is 7.12. The van der Waals surface area contributed by atoms with Crippen molar-refractivity contribution in [1.82, 2.24) is 10.2 Å². The van der Waals surface area contributed by atoms with Gasteiger partial charge in [-0.1, -0.05) is 11.6 Å². The van der Waals surface area contributed by atoms with Gasteiger partial charge < -0.3 is 20.4 Å². The maximum Gasteiger partial charge on any atom is 0.290 e. The number of carbonyl (C=O) groups is 2. The maximum atomic E-state index is 13.1. The number of rotatable bonds is 5. The van der Waals surface area contributed by atoms with E-state index in [1.54, 1.807) is 12.1 Å². The third-order valence-electron chi connectivity index (χ3n) is 4.89. The molecule has 2 amide bonds. The number of furan rings is 1. The van der Waals surface area contributed by atoms with Crippen molar-refractivity contribution >= 4 is 34.4 Å². The lowest BCUT2D eigenvalue weighted by Gasteiger charge is -2.35. The summed E-state index contributed by atoms with van der Waals surface area (Å²) in [6.45, 7) is 3.29.